The summed E-state index contributed by atoms with van der Waals surface area (Å²) in [7, 11) is 4.03. The molecule has 1 aliphatic rings. The van der Waals surface area contributed by atoms with Crippen molar-refractivity contribution in [1.82, 2.24) is 20.2 Å². The maximum Gasteiger partial charge on any atom is 0.270 e. The van der Waals surface area contributed by atoms with E-state index in [2.05, 4.69) is 36.5 Å². The Balaban J connectivity index is 1.65. The summed E-state index contributed by atoms with van der Waals surface area (Å²) < 4.78 is 5.44. The van der Waals surface area contributed by atoms with Crippen LogP contribution in [0.3, 0.4) is 0 Å². The van der Waals surface area contributed by atoms with Crippen LogP contribution in [-0.2, 0) is 4.74 Å². The van der Waals surface area contributed by atoms with Crippen molar-refractivity contribution in [2.75, 3.05) is 63.7 Å². The van der Waals surface area contributed by atoms with E-state index >= 15 is 0 Å². The zero-order valence-electron chi connectivity index (χ0n) is 16.5. The number of rotatable bonds is 8. The Bertz CT molecular complexity index is 777. The van der Waals surface area contributed by atoms with Gasteiger partial charge in [-0.25, -0.2) is 9.97 Å². The van der Waals surface area contributed by atoms with Gasteiger partial charge >= 0.3 is 0 Å². The molecule has 0 atom stereocenters. The van der Waals surface area contributed by atoms with Gasteiger partial charge in [-0.05, 0) is 39.2 Å². The second-order valence-electron chi connectivity index (χ2n) is 6.94. The molecule has 0 spiro atoms. The Kier molecular flexibility index (Phi) is 7.16. The fourth-order valence-corrected chi connectivity index (χ4v) is 3.03. The molecule has 1 saturated heterocycles. The van der Waals surface area contributed by atoms with Crippen molar-refractivity contribution < 1.29 is 9.53 Å². The Hall–Kier alpha value is -2.71. The molecule has 1 fully saturated rings. The van der Waals surface area contributed by atoms with Gasteiger partial charge in [-0.15, -0.1) is 0 Å². The predicted molar refractivity (Wildman–Crippen MR) is 110 cm³/mol. The van der Waals surface area contributed by atoms with Gasteiger partial charge < -0.3 is 25.2 Å². The minimum atomic E-state index is -0.189. The fraction of sp³-hybridized carbons (Fsp3) is 0.450. The molecule has 0 bridgehead atoms. The SMILES string of the molecule is CN(C)CCCNC(=O)c1cc(Nc2ccccc2N2CCOCC2)ncn1. The van der Waals surface area contributed by atoms with Crippen molar-refractivity contribution in [3.63, 3.8) is 0 Å². The molecule has 2 aromatic rings. The smallest absolute Gasteiger partial charge is 0.270 e. The maximum atomic E-state index is 12.3. The van der Waals surface area contributed by atoms with Gasteiger partial charge in [0, 0.05) is 25.7 Å². The molecule has 8 heteroatoms. The Morgan fingerprint density at radius 1 is 1.21 bits per heavy atom. The highest BCUT2D eigenvalue weighted by Gasteiger charge is 2.15. The normalized spacial score (nSPS) is 14.2. The summed E-state index contributed by atoms with van der Waals surface area (Å²) in [5.74, 6) is 0.403. The third kappa shape index (κ3) is 5.64. The topological polar surface area (TPSA) is 82.6 Å². The van der Waals surface area contributed by atoms with Crippen LogP contribution in [0.1, 0.15) is 16.9 Å². The number of carbonyl (C=O) groups is 1. The summed E-state index contributed by atoms with van der Waals surface area (Å²) in [6.07, 6.45) is 2.30. The van der Waals surface area contributed by atoms with Gasteiger partial charge in [0.1, 0.15) is 17.8 Å². The highest BCUT2D eigenvalue weighted by Crippen LogP contribution is 2.28. The van der Waals surface area contributed by atoms with Crippen LogP contribution in [0.15, 0.2) is 36.7 Å². The Morgan fingerprint density at radius 2 is 2.00 bits per heavy atom. The van der Waals surface area contributed by atoms with E-state index in [0.717, 1.165) is 50.6 Å². The predicted octanol–water partition coefficient (Wildman–Crippen LogP) is 1.74. The van der Waals surface area contributed by atoms with Crippen LogP contribution >= 0.6 is 0 Å². The molecular weight excluding hydrogens is 356 g/mol. The summed E-state index contributed by atoms with van der Waals surface area (Å²) >= 11 is 0. The molecule has 1 aliphatic heterocycles. The van der Waals surface area contributed by atoms with Crippen molar-refractivity contribution in [2.45, 2.75) is 6.42 Å². The molecular formula is C20H28N6O2. The second-order valence-corrected chi connectivity index (χ2v) is 6.94. The number of hydrogen-bond donors (Lipinski definition) is 2. The lowest BCUT2D eigenvalue weighted by atomic mass is 10.2. The minimum Gasteiger partial charge on any atom is -0.378 e. The average Bonchev–Trinajstić information content (AvgIpc) is 2.72. The quantitative estimate of drug-likeness (QED) is 0.671. The third-order valence-corrected chi connectivity index (χ3v) is 4.49. The summed E-state index contributed by atoms with van der Waals surface area (Å²) in [4.78, 5) is 25.1. The largest absolute Gasteiger partial charge is 0.378 e. The number of nitrogens with zero attached hydrogens (tertiary/aromatic N) is 4. The number of para-hydroxylation sites is 2. The molecule has 0 saturated carbocycles. The molecule has 150 valence electrons. The number of nitrogens with one attached hydrogen (secondary N) is 2. The number of aromatic nitrogens is 2. The molecule has 3 rings (SSSR count). The van der Waals surface area contributed by atoms with E-state index in [1.165, 1.54) is 6.33 Å². The third-order valence-electron chi connectivity index (χ3n) is 4.49. The monoisotopic (exact) mass is 384 g/mol. The number of carbonyl (C=O) groups excluding carboxylic acids is 1. The molecule has 1 aromatic heterocycles. The zero-order valence-corrected chi connectivity index (χ0v) is 16.5. The Morgan fingerprint density at radius 3 is 2.79 bits per heavy atom. The first-order chi connectivity index (χ1) is 13.6. The maximum absolute atomic E-state index is 12.3. The first-order valence-corrected chi connectivity index (χ1v) is 9.57. The molecule has 0 unspecified atom stereocenters. The molecule has 28 heavy (non-hydrogen) atoms. The zero-order chi connectivity index (χ0) is 19.8. The van der Waals surface area contributed by atoms with E-state index in [4.69, 9.17) is 4.74 Å². The van der Waals surface area contributed by atoms with E-state index in [9.17, 15) is 4.79 Å². The number of hydrogen-bond acceptors (Lipinski definition) is 7. The summed E-state index contributed by atoms with van der Waals surface area (Å²) in [6.45, 7) is 4.69. The van der Waals surface area contributed by atoms with Crippen molar-refractivity contribution in [3.8, 4) is 0 Å². The van der Waals surface area contributed by atoms with Gasteiger partial charge in [0.2, 0.25) is 0 Å². The number of ether oxygens (including phenoxy) is 1. The van der Waals surface area contributed by atoms with Gasteiger partial charge in [-0.1, -0.05) is 12.1 Å². The first kappa shape index (κ1) is 20.0. The highest BCUT2D eigenvalue weighted by atomic mass is 16.5. The molecule has 1 aromatic carbocycles. The molecule has 2 N–H and O–H groups in total. The highest BCUT2D eigenvalue weighted by molar-refractivity contribution is 5.93. The summed E-state index contributed by atoms with van der Waals surface area (Å²) in [6, 6.07) is 9.76. The van der Waals surface area contributed by atoms with Crippen LogP contribution in [0, 0.1) is 0 Å². The van der Waals surface area contributed by atoms with Crippen molar-refractivity contribution in [2.24, 2.45) is 0 Å². The van der Waals surface area contributed by atoms with E-state index in [-0.39, 0.29) is 5.91 Å². The van der Waals surface area contributed by atoms with Crippen LogP contribution in [0.2, 0.25) is 0 Å². The molecule has 1 amide bonds. The number of amides is 1. The van der Waals surface area contributed by atoms with E-state index < -0.39 is 0 Å². The van der Waals surface area contributed by atoms with E-state index in [0.29, 0.717) is 18.1 Å². The lowest BCUT2D eigenvalue weighted by molar-refractivity contribution is 0.0947. The Labute approximate surface area is 165 Å². The van der Waals surface area contributed by atoms with Crippen LogP contribution < -0.4 is 15.5 Å². The molecule has 0 radical (unpaired) electrons. The standard InChI is InChI=1S/C20H28N6O2/c1-25(2)9-5-8-21-20(27)17-14-19(23-15-22-17)24-16-6-3-4-7-18(16)26-10-12-28-13-11-26/h3-4,6-7,14-15H,5,8-13H2,1-2H3,(H,21,27)(H,22,23,24). The molecule has 0 aliphatic carbocycles. The second kappa shape index (κ2) is 10.0. The van der Waals surface area contributed by atoms with Gasteiger partial charge in [-0.3, -0.25) is 4.79 Å². The van der Waals surface area contributed by atoms with Crippen LogP contribution in [0.5, 0.6) is 0 Å². The summed E-state index contributed by atoms with van der Waals surface area (Å²) in [5, 5.41) is 6.23. The molecule has 2 heterocycles. The minimum absolute atomic E-state index is 0.189. The lowest BCUT2D eigenvalue weighted by Crippen LogP contribution is -2.36. The van der Waals surface area contributed by atoms with E-state index in [1.54, 1.807) is 6.07 Å². The van der Waals surface area contributed by atoms with Gasteiger partial charge in [0.05, 0.1) is 24.6 Å². The first-order valence-electron chi connectivity index (χ1n) is 9.57. The van der Waals surface area contributed by atoms with Crippen molar-refractivity contribution in [1.29, 1.82) is 0 Å². The van der Waals surface area contributed by atoms with Gasteiger partial charge in [-0.2, -0.15) is 0 Å². The van der Waals surface area contributed by atoms with Crippen molar-refractivity contribution in [3.05, 3.63) is 42.4 Å². The number of anilines is 3. The van der Waals surface area contributed by atoms with Crippen LogP contribution in [-0.4, -0.2) is 74.3 Å². The van der Waals surface area contributed by atoms with Crippen LogP contribution in [0.4, 0.5) is 17.2 Å². The lowest BCUT2D eigenvalue weighted by Gasteiger charge is -2.30. The van der Waals surface area contributed by atoms with Gasteiger partial charge in [0.15, 0.2) is 0 Å². The number of benzene rings is 1. The molecule has 8 nitrogen and oxygen atoms in total. The fourth-order valence-electron chi connectivity index (χ4n) is 3.03. The number of morpholine rings is 1. The van der Waals surface area contributed by atoms with E-state index in [1.807, 2.05) is 32.3 Å². The van der Waals surface area contributed by atoms with Crippen LogP contribution in [0.25, 0.3) is 0 Å². The van der Waals surface area contributed by atoms with Crippen molar-refractivity contribution >= 4 is 23.1 Å². The summed E-state index contributed by atoms with van der Waals surface area (Å²) in [5.41, 5.74) is 2.39. The van der Waals surface area contributed by atoms with Gasteiger partial charge in [0.25, 0.3) is 5.91 Å². The average molecular weight is 384 g/mol.